The zero-order valence-corrected chi connectivity index (χ0v) is 11.3. The number of nitrogens with zero attached hydrogens (tertiary/aromatic N) is 1. The van der Waals surface area contributed by atoms with Crippen molar-refractivity contribution < 1.29 is 0 Å². The van der Waals surface area contributed by atoms with E-state index in [1.54, 1.807) is 11.3 Å². The molecule has 1 atom stereocenters. The standard InChI is InChI=1S/C14H18N2S/c1-4-16-14(13-9-17-8-11(13)3)12-7-15-6-5-10(12)2/h5-9,14,16H,4H2,1-3H3. The van der Waals surface area contributed by atoms with Crippen molar-refractivity contribution in [2.24, 2.45) is 0 Å². The van der Waals surface area contributed by atoms with Crippen molar-refractivity contribution in [1.82, 2.24) is 10.3 Å². The Kier molecular flexibility index (Phi) is 3.92. The molecular weight excluding hydrogens is 228 g/mol. The maximum absolute atomic E-state index is 4.25. The van der Waals surface area contributed by atoms with E-state index in [0.29, 0.717) is 0 Å². The Bertz CT molecular complexity index is 490. The van der Waals surface area contributed by atoms with Gasteiger partial charge in [-0.3, -0.25) is 4.98 Å². The van der Waals surface area contributed by atoms with Crippen LogP contribution in [0.15, 0.2) is 29.2 Å². The normalized spacial score (nSPS) is 12.6. The molecule has 2 aromatic heterocycles. The minimum absolute atomic E-state index is 0.264. The van der Waals surface area contributed by atoms with Crippen LogP contribution in [0.25, 0.3) is 0 Å². The van der Waals surface area contributed by atoms with Crippen molar-refractivity contribution >= 4 is 11.3 Å². The summed E-state index contributed by atoms with van der Waals surface area (Å²) in [7, 11) is 0. The van der Waals surface area contributed by atoms with Crippen LogP contribution in [-0.2, 0) is 0 Å². The number of rotatable bonds is 4. The van der Waals surface area contributed by atoms with Gasteiger partial charge in [0, 0.05) is 12.4 Å². The summed E-state index contributed by atoms with van der Waals surface area (Å²) in [5.41, 5.74) is 5.28. The molecule has 0 saturated heterocycles. The van der Waals surface area contributed by atoms with E-state index in [1.165, 1.54) is 22.3 Å². The smallest absolute Gasteiger partial charge is 0.0605 e. The van der Waals surface area contributed by atoms with Gasteiger partial charge in [-0.05, 0) is 59.5 Å². The highest BCUT2D eigenvalue weighted by Crippen LogP contribution is 2.28. The molecule has 90 valence electrons. The van der Waals surface area contributed by atoms with Crippen LogP contribution in [0.2, 0.25) is 0 Å². The lowest BCUT2D eigenvalue weighted by Gasteiger charge is -2.20. The molecule has 0 aliphatic carbocycles. The lowest BCUT2D eigenvalue weighted by molar-refractivity contribution is 0.624. The molecule has 17 heavy (non-hydrogen) atoms. The molecular formula is C14H18N2S. The molecule has 0 saturated carbocycles. The van der Waals surface area contributed by atoms with E-state index in [2.05, 4.69) is 47.9 Å². The monoisotopic (exact) mass is 246 g/mol. The van der Waals surface area contributed by atoms with Crippen LogP contribution in [0.1, 0.15) is 35.2 Å². The second kappa shape index (κ2) is 5.43. The van der Waals surface area contributed by atoms with E-state index in [0.717, 1.165) is 6.54 Å². The first kappa shape index (κ1) is 12.3. The Labute approximate surface area is 107 Å². The van der Waals surface area contributed by atoms with Gasteiger partial charge in [-0.25, -0.2) is 0 Å². The molecule has 3 heteroatoms. The van der Waals surface area contributed by atoms with Gasteiger partial charge >= 0.3 is 0 Å². The van der Waals surface area contributed by atoms with Crippen LogP contribution >= 0.6 is 11.3 Å². The van der Waals surface area contributed by atoms with Gasteiger partial charge in [-0.2, -0.15) is 11.3 Å². The highest BCUT2D eigenvalue weighted by Gasteiger charge is 2.17. The maximum atomic E-state index is 4.25. The third-order valence-electron chi connectivity index (χ3n) is 3.00. The summed E-state index contributed by atoms with van der Waals surface area (Å²) < 4.78 is 0. The van der Waals surface area contributed by atoms with E-state index in [1.807, 2.05) is 12.4 Å². The molecule has 0 aliphatic heterocycles. The lowest BCUT2D eigenvalue weighted by atomic mass is 9.96. The average Bonchev–Trinajstić information content (AvgIpc) is 2.74. The Morgan fingerprint density at radius 1 is 1.24 bits per heavy atom. The molecule has 2 nitrogen and oxygen atoms in total. The highest BCUT2D eigenvalue weighted by atomic mass is 32.1. The summed E-state index contributed by atoms with van der Waals surface area (Å²) in [6.45, 7) is 7.40. The van der Waals surface area contributed by atoms with Crippen molar-refractivity contribution in [3.8, 4) is 0 Å². The fraction of sp³-hybridized carbons (Fsp3) is 0.357. The molecule has 0 fully saturated rings. The predicted octanol–water partition coefficient (Wildman–Crippen LogP) is 3.46. The van der Waals surface area contributed by atoms with Gasteiger partial charge < -0.3 is 5.32 Å². The molecule has 1 unspecified atom stereocenters. The number of hydrogen-bond donors (Lipinski definition) is 1. The average molecular weight is 246 g/mol. The number of pyridine rings is 1. The van der Waals surface area contributed by atoms with Crippen molar-refractivity contribution in [3.63, 3.8) is 0 Å². The van der Waals surface area contributed by atoms with Crippen molar-refractivity contribution in [3.05, 3.63) is 51.5 Å². The first-order valence-corrected chi connectivity index (χ1v) is 6.85. The van der Waals surface area contributed by atoms with Crippen molar-refractivity contribution in [2.75, 3.05) is 6.54 Å². The maximum Gasteiger partial charge on any atom is 0.0605 e. The third kappa shape index (κ3) is 2.56. The van der Waals surface area contributed by atoms with Crippen molar-refractivity contribution in [2.45, 2.75) is 26.8 Å². The molecule has 2 rings (SSSR count). The van der Waals surface area contributed by atoms with Crippen LogP contribution in [0.3, 0.4) is 0 Å². The van der Waals surface area contributed by atoms with Crippen LogP contribution in [0.5, 0.6) is 0 Å². The van der Waals surface area contributed by atoms with E-state index in [9.17, 15) is 0 Å². The van der Waals surface area contributed by atoms with Crippen LogP contribution in [0.4, 0.5) is 0 Å². The van der Waals surface area contributed by atoms with Gasteiger partial charge in [-0.15, -0.1) is 0 Å². The summed E-state index contributed by atoms with van der Waals surface area (Å²) in [5.74, 6) is 0. The molecule has 2 heterocycles. The Morgan fingerprint density at radius 2 is 2.06 bits per heavy atom. The van der Waals surface area contributed by atoms with E-state index < -0.39 is 0 Å². The van der Waals surface area contributed by atoms with E-state index in [-0.39, 0.29) is 6.04 Å². The molecule has 2 aromatic rings. The van der Waals surface area contributed by atoms with Gasteiger partial charge in [0.25, 0.3) is 0 Å². The Hall–Kier alpha value is -1.19. The second-order valence-electron chi connectivity index (χ2n) is 4.23. The second-order valence-corrected chi connectivity index (χ2v) is 4.98. The molecule has 0 bridgehead atoms. The van der Waals surface area contributed by atoms with Gasteiger partial charge in [0.15, 0.2) is 0 Å². The molecule has 0 amide bonds. The van der Waals surface area contributed by atoms with Crippen LogP contribution in [0, 0.1) is 13.8 Å². The van der Waals surface area contributed by atoms with Gasteiger partial charge in [0.05, 0.1) is 6.04 Å². The van der Waals surface area contributed by atoms with Gasteiger partial charge in [0.2, 0.25) is 0 Å². The largest absolute Gasteiger partial charge is 0.306 e. The topological polar surface area (TPSA) is 24.9 Å². The van der Waals surface area contributed by atoms with Crippen LogP contribution in [-0.4, -0.2) is 11.5 Å². The molecule has 0 aromatic carbocycles. The number of nitrogens with one attached hydrogen (secondary N) is 1. The summed E-state index contributed by atoms with van der Waals surface area (Å²) >= 11 is 1.76. The number of aryl methyl sites for hydroxylation is 2. The molecule has 0 spiro atoms. The fourth-order valence-electron chi connectivity index (χ4n) is 2.04. The molecule has 0 aliphatic rings. The van der Waals surface area contributed by atoms with E-state index in [4.69, 9.17) is 0 Å². The van der Waals surface area contributed by atoms with Crippen molar-refractivity contribution in [1.29, 1.82) is 0 Å². The highest BCUT2D eigenvalue weighted by molar-refractivity contribution is 7.08. The minimum atomic E-state index is 0.264. The lowest BCUT2D eigenvalue weighted by Crippen LogP contribution is -2.23. The Morgan fingerprint density at radius 3 is 2.65 bits per heavy atom. The summed E-state index contributed by atoms with van der Waals surface area (Å²) in [5, 5.41) is 7.98. The first-order chi connectivity index (χ1) is 8.24. The summed E-state index contributed by atoms with van der Waals surface area (Å²) in [6, 6.07) is 2.33. The number of aromatic nitrogens is 1. The van der Waals surface area contributed by atoms with Crippen LogP contribution < -0.4 is 5.32 Å². The fourth-order valence-corrected chi connectivity index (χ4v) is 2.91. The molecule has 0 radical (unpaired) electrons. The zero-order valence-electron chi connectivity index (χ0n) is 10.5. The minimum Gasteiger partial charge on any atom is -0.306 e. The van der Waals surface area contributed by atoms with Gasteiger partial charge in [0.1, 0.15) is 0 Å². The Balaban J connectivity index is 2.43. The first-order valence-electron chi connectivity index (χ1n) is 5.90. The molecule has 1 N–H and O–H groups in total. The predicted molar refractivity (Wildman–Crippen MR) is 73.5 cm³/mol. The zero-order chi connectivity index (χ0) is 12.3. The summed E-state index contributed by atoms with van der Waals surface area (Å²) in [6.07, 6.45) is 3.82. The number of hydrogen-bond acceptors (Lipinski definition) is 3. The quantitative estimate of drug-likeness (QED) is 0.893. The van der Waals surface area contributed by atoms with E-state index >= 15 is 0 Å². The number of thiophene rings is 1. The summed E-state index contributed by atoms with van der Waals surface area (Å²) in [4.78, 5) is 4.25. The SMILES string of the molecule is CCNC(c1cnccc1C)c1cscc1C. The van der Waals surface area contributed by atoms with Gasteiger partial charge in [-0.1, -0.05) is 6.92 Å². The third-order valence-corrected chi connectivity index (χ3v) is 3.88.